The van der Waals surface area contributed by atoms with Crippen LogP contribution < -0.4 is 15.8 Å². The van der Waals surface area contributed by atoms with Gasteiger partial charge in [0.2, 0.25) is 0 Å². The lowest BCUT2D eigenvalue weighted by molar-refractivity contribution is -0.138. The molecule has 2 rings (SSSR count). The quantitative estimate of drug-likeness (QED) is 0.230. The second-order valence-corrected chi connectivity index (χ2v) is 7.73. The van der Waals surface area contributed by atoms with E-state index in [0.29, 0.717) is 28.5 Å². The first-order chi connectivity index (χ1) is 14.1. The maximum absolute atomic E-state index is 12.1. The van der Waals surface area contributed by atoms with E-state index in [0.717, 1.165) is 24.0 Å². The van der Waals surface area contributed by atoms with E-state index in [4.69, 9.17) is 15.9 Å². The van der Waals surface area contributed by atoms with Crippen molar-refractivity contribution >= 4 is 17.5 Å². The van der Waals surface area contributed by atoms with Crippen molar-refractivity contribution < 1.29 is 19.7 Å². The van der Waals surface area contributed by atoms with E-state index < -0.39 is 18.3 Å². The van der Waals surface area contributed by atoms with Gasteiger partial charge in [-0.1, -0.05) is 20.8 Å². The Morgan fingerprint density at radius 1 is 1.17 bits per heavy atom. The number of aliphatic hydroxyl groups excluding tert-OH is 1. The SMILES string of the molecule is CCc1cc(C(Nc2ccc(C(=N)N)cc2)C(=O)O)c(OC(C)O)cc1CC(C)C. The van der Waals surface area contributed by atoms with Crippen LogP contribution in [0.2, 0.25) is 0 Å². The molecule has 6 N–H and O–H groups in total. The zero-order valence-electron chi connectivity index (χ0n) is 17.9. The van der Waals surface area contributed by atoms with Crippen LogP contribution in [-0.4, -0.2) is 28.3 Å². The van der Waals surface area contributed by atoms with E-state index >= 15 is 0 Å². The molecule has 0 amide bonds. The largest absolute Gasteiger partial charge is 0.479 e. The molecule has 0 aromatic heterocycles. The zero-order chi connectivity index (χ0) is 22.4. The third-order valence-electron chi connectivity index (χ3n) is 4.70. The Labute approximate surface area is 177 Å². The molecule has 0 fully saturated rings. The summed E-state index contributed by atoms with van der Waals surface area (Å²) in [5.74, 6) is -0.358. The minimum Gasteiger partial charge on any atom is -0.479 e. The lowest BCUT2D eigenvalue weighted by Crippen LogP contribution is -2.23. The number of hydrogen-bond acceptors (Lipinski definition) is 5. The van der Waals surface area contributed by atoms with E-state index in [9.17, 15) is 15.0 Å². The number of nitrogens with two attached hydrogens (primary N) is 1. The molecular weight excluding hydrogens is 382 g/mol. The standard InChI is InChI=1S/C23H31N3O4/c1-5-15-11-19(20(30-14(4)27)12-17(15)10-13(2)3)21(23(28)29)26-18-8-6-16(7-9-18)22(24)25/h6-9,11-14,21,26-27H,5,10H2,1-4H3,(H3,24,25)(H,28,29). The number of aliphatic hydroxyl groups is 1. The number of nitrogens with one attached hydrogen (secondary N) is 2. The number of anilines is 1. The summed E-state index contributed by atoms with van der Waals surface area (Å²) in [5.41, 5.74) is 9.19. The van der Waals surface area contributed by atoms with Gasteiger partial charge in [0.25, 0.3) is 0 Å². The number of carboxylic acids is 1. The van der Waals surface area contributed by atoms with Crippen molar-refractivity contribution in [3.8, 4) is 5.75 Å². The molecular formula is C23H31N3O4. The second-order valence-electron chi connectivity index (χ2n) is 7.73. The van der Waals surface area contributed by atoms with Crippen molar-refractivity contribution in [2.24, 2.45) is 11.7 Å². The fraction of sp³-hybridized carbons (Fsp3) is 0.391. The summed E-state index contributed by atoms with van der Waals surface area (Å²) in [6, 6.07) is 9.27. The van der Waals surface area contributed by atoms with Crippen molar-refractivity contribution in [1.82, 2.24) is 0 Å². The Morgan fingerprint density at radius 2 is 1.80 bits per heavy atom. The van der Waals surface area contributed by atoms with Crippen LogP contribution >= 0.6 is 0 Å². The molecule has 2 aromatic rings. The number of ether oxygens (including phenoxy) is 1. The molecule has 0 aliphatic heterocycles. The van der Waals surface area contributed by atoms with Crippen LogP contribution in [0.3, 0.4) is 0 Å². The number of aliphatic carboxylic acids is 1. The molecule has 30 heavy (non-hydrogen) atoms. The zero-order valence-corrected chi connectivity index (χ0v) is 17.9. The molecule has 0 heterocycles. The van der Waals surface area contributed by atoms with Gasteiger partial charge in [0.05, 0.1) is 0 Å². The van der Waals surface area contributed by atoms with Gasteiger partial charge in [-0.15, -0.1) is 0 Å². The van der Waals surface area contributed by atoms with E-state index in [1.54, 1.807) is 24.3 Å². The minimum absolute atomic E-state index is 0.0581. The van der Waals surface area contributed by atoms with Crippen molar-refractivity contribution in [2.75, 3.05) is 5.32 Å². The Morgan fingerprint density at radius 3 is 2.27 bits per heavy atom. The van der Waals surface area contributed by atoms with Crippen molar-refractivity contribution in [2.45, 2.75) is 52.9 Å². The first-order valence-corrected chi connectivity index (χ1v) is 10.1. The fourth-order valence-corrected chi connectivity index (χ4v) is 3.34. The molecule has 0 aliphatic carbocycles. The molecule has 0 spiro atoms. The first kappa shape index (κ1) is 23.2. The number of nitrogen functional groups attached to an aromatic ring is 1. The Kier molecular flexibility index (Phi) is 7.83. The summed E-state index contributed by atoms with van der Waals surface area (Å²) in [5, 5.41) is 30.2. The first-order valence-electron chi connectivity index (χ1n) is 10.1. The average molecular weight is 414 g/mol. The van der Waals surface area contributed by atoms with E-state index in [1.165, 1.54) is 6.92 Å². The van der Waals surface area contributed by atoms with E-state index in [-0.39, 0.29) is 5.84 Å². The number of carboxylic acid groups (broad SMARTS) is 1. The molecule has 0 saturated heterocycles. The van der Waals surface area contributed by atoms with Crippen LogP contribution in [0.25, 0.3) is 0 Å². The molecule has 0 saturated carbocycles. The molecule has 2 atom stereocenters. The summed E-state index contributed by atoms with van der Waals surface area (Å²) >= 11 is 0. The number of amidine groups is 1. The monoisotopic (exact) mass is 413 g/mol. The fourth-order valence-electron chi connectivity index (χ4n) is 3.34. The summed E-state index contributed by atoms with van der Waals surface area (Å²) in [7, 11) is 0. The molecule has 0 aliphatic rings. The summed E-state index contributed by atoms with van der Waals surface area (Å²) < 4.78 is 5.59. The van der Waals surface area contributed by atoms with E-state index in [2.05, 4.69) is 19.2 Å². The molecule has 2 aromatic carbocycles. The number of benzene rings is 2. The molecule has 0 bridgehead atoms. The third kappa shape index (κ3) is 5.97. The van der Waals surface area contributed by atoms with Crippen molar-refractivity contribution in [1.29, 1.82) is 5.41 Å². The lowest BCUT2D eigenvalue weighted by atomic mass is 9.92. The van der Waals surface area contributed by atoms with E-state index in [1.807, 2.05) is 19.1 Å². The highest BCUT2D eigenvalue weighted by Gasteiger charge is 2.26. The van der Waals surface area contributed by atoms with Gasteiger partial charge in [-0.25, -0.2) is 4.79 Å². The molecule has 162 valence electrons. The van der Waals surface area contributed by atoms with Crippen LogP contribution in [0.4, 0.5) is 5.69 Å². The van der Waals surface area contributed by atoms with Gasteiger partial charge in [-0.3, -0.25) is 5.41 Å². The van der Waals surface area contributed by atoms with Crippen molar-refractivity contribution in [3.63, 3.8) is 0 Å². The normalized spacial score (nSPS) is 13.0. The number of aryl methyl sites for hydroxylation is 1. The Balaban J connectivity index is 2.50. The molecule has 2 unspecified atom stereocenters. The number of rotatable bonds is 10. The Bertz CT molecular complexity index is 892. The maximum atomic E-state index is 12.1. The number of hydrogen-bond donors (Lipinski definition) is 5. The third-order valence-corrected chi connectivity index (χ3v) is 4.70. The van der Waals surface area contributed by atoms with Gasteiger partial charge in [-0.2, -0.15) is 0 Å². The van der Waals surface area contributed by atoms with Crippen LogP contribution in [0.5, 0.6) is 5.75 Å². The van der Waals surface area contributed by atoms with Gasteiger partial charge in [0.1, 0.15) is 11.6 Å². The van der Waals surface area contributed by atoms with Crippen molar-refractivity contribution in [3.05, 3.63) is 58.7 Å². The topological polar surface area (TPSA) is 129 Å². The molecule has 7 nitrogen and oxygen atoms in total. The lowest BCUT2D eigenvalue weighted by Gasteiger charge is -2.23. The summed E-state index contributed by atoms with van der Waals surface area (Å²) in [6.45, 7) is 7.76. The van der Waals surface area contributed by atoms with Gasteiger partial charge >= 0.3 is 5.97 Å². The highest BCUT2D eigenvalue weighted by atomic mass is 16.6. The van der Waals surface area contributed by atoms with Gasteiger partial charge in [0.15, 0.2) is 12.3 Å². The predicted octanol–water partition coefficient (Wildman–Crippen LogP) is 3.69. The second kappa shape index (κ2) is 10.1. The predicted molar refractivity (Wildman–Crippen MR) is 118 cm³/mol. The minimum atomic E-state index is -1.08. The van der Waals surface area contributed by atoms with Crippen LogP contribution in [0, 0.1) is 11.3 Å². The summed E-state index contributed by atoms with van der Waals surface area (Å²) in [4.78, 5) is 12.1. The Hall–Kier alpha value is -3.06. The maximum Gasteiger partial charge on any atom is 0.330 e. The smallest absolute Gasteiger partial charge is 0.330 e. The highest BCUT2D eigenvalue weighted by molar-refractivity contribution is 5.95. The van der Waals surface area contributed by atoms with Crippen LogP contribution in [-0.2, 0) is 17.6 Å². The highest BCUT2D eigenvalue weighted by Crippen LogP contribution is 2.33. The molecule has 7 heteroatoms. The number of carbonyl (C=O) groups is 1. The average Bonchev–Trinajstić information content (AvgIpc) is 2.66. The van der Waals surface area contributed by atoms with Crippen LogP contribution in [0.1, 0.15) is 56.0 Å². The van der Waals surface area contributed by atoms with Gasteiger partial charge in [0, 0.05) is 16.8 Å². The summed E-state index contributed by atoms with van der Waals surface area (Å²) in [6.07, 6.45) is 0.508. The molecule has 0 radical (unpaired) electrons. The van der Waals surface area contributed by atoms with Gasteiger partial charge in [-0.05, 0) is 73.2 Å². The van der Waals surface area contributed by atoms with Crippen LogP contribution in [0.15, 0.2) is 36.4 Å². The van der Waals surface area contributed by atoms with Gasteiger partial charge < -0.3 is 26.0 Å².